The van der Waals surface area contributed by atoms with Crippen molar-refractivity contribution in [3.8, 4) is 0 Å². The molecule has 3 aliphatic rings. The first kappa shape index (κ1) is 25.3. The summed E-state index contributed by atoms with van der Waals surface area (Å²) in [5, 5.41) is 2.80. The molecule has 6 nitrogen and oxygen atoms in total. The molecule has 0 aromatic carbocycles. The van der Waals surface area contributed by atoms with Crippen molar-refractivity contribution in [3.63, 3.8) is 0 Å². The van der Waals surface area contributed by atoms with Gasteiger partial charge in [-0.2, -0.15) is 13.2 Å². The minimum absolute atomic E-state index is 0.0209. The van der Waals surface area contributed by atoms with Crippen molar-refractivity contribution in [1.82, 2.24) is 10.3 Å². The molecule has 0 bridgehead atoms. The normalized spacial score (nSPS) is 24.5. The Balaban J connectivity index is 1.45. The maximum absolute atomic E-state index is 13.2. The highest BCUT2D eigenvalue weighted by molar-refractivity contribution is 7.92. The van der Waals surface area contributed by atoms with Crippen molar-refractivity contribution in [1.29, 1.82) is 0 Å². The number of nitrogens with zero attached hydrogens (tertiary/aromatic N) is 2. The summed E-state index contributed by atoms with van der Waals surface area (Å²) in [7, 11) is 0.0493. The molecular formula is C24H34F3N3O3S. The predicted molar refractivity (Wildman–Crippen MR) is 124 cm³/mol. The molecule has 1 N–H and O–H groups in total. The van der Waals surface area contributed by atoms with Crippen molar-refractivity contribution in [3.05, 3.63) is 23.4 Å². The van der Waals surface area contributed by atoms with Crippen LogP contribution in [0.3, 0.4) is 0 Å². The molecule has 1 amide bonds. The number of hydrogen-bond acceptors (Lipinski definition) is 5. The Kier molecular flexibility index (Phi) is 7.18. The second-order valence-electron chi connectivity index (χ2n) is 10.5. The zero-order valence-electron chi connectivity index (χ0n) is 19.8. The number of anilines is 1. The van der Waals surface area contributed by atoms with Gasteiger partial charge in [0.2, 0.25) is 0 Å². The molecule has 10 heteroatoms. The van der Waals surface area contributed by atoms with Crippen molar-refractivity contribution in [2.24, 2.45) is 17.8 Å². The summed E-state index contributed by atoms with van der Waals surface area (Å²) in [5.74, 6) is 0.904. The third-order valence-corrected chi connectivity index (χ3v) is 9.82. The third-order valence-electron chi connectivity index (χ3n) is 7.40. The number of nitrogens with one attached hydrogen (secondary N) is 1. The summed E-state index contributed by atoms with van der Waals surface area (Å²) >= 11 is 0. The molecule has 1 unspecified atom stereocenters. The SMILES string of the molecule is CN(C)c1nc(C(F)(F)F)ccc1C(=O)NC(CC1CC1)C1CCC(S(=O)(=O)CC2CC2)CC1. The molecular weight excluding hydrogens is 467 g/mol. The Labute approximate surface area is 199 Å². The minimum Gasteiger partial charge on any atom is -0.362 e. The number of pyridine rings is 1. The molecule has 1 aromatic rings. The highest BCUT2D eigenvalue weighted by Crippen LogP contribution is 2.40. The van der Waals surface area contributed by atoms with Gasteiger partial charge >= 0.3 is 6.18 Å². The van der Waals surface area contributed by atoms with Crippen molar-refractivity contribution in [2.75, 3.05) is 24.7 Å². The molecule has 4 rings (SSSR count). The lowest BCUT2D eigenvalue weighted by molar-refractivity contribution is -0.141. The summed E-state index contributed by atoms with van der Waals surface area (Å²) in [6.07, 6.45) is 3.17. The monoisotopic (exact) mass is 501 g/mol. The quantitative estimate of drug-likeness (QED) is 0.541. The van der Waals surface area contributed by atoms with E-state index >= 15 is 0 Å². The van der Waals surface area contributed by atoms with Crippen molar-refractivity contribution in [2.45, 2.75) is 75.3 Å². The third kappa shape index (κ3) is 6.23. The van der Waals surface area contributed by atoms with Crippen molar-refractivity contribution < 1.29 is 26.4 Å². The van der Waals surface area contributed by atoms with Crippen LogP contribution in [0.25, 0.3) is 0 Å². The number of alkyl halides is 3. The Bertz CT molecular complexity index is 996. The van der Waals surface area contributed by atoms with Crippen LogP contribution < -0.4 is 10.2 Å². The molecule has 1 aromatic heterocycles. The Hall–Kier alpha value is -1.84. The number of amides is 1. The fraction of sp³-hybridized carbons (Fsp3) is 0.750. The Morgan fingerprint density at radius 3 is 2.21 bits per heavy atom. The predicted octanol–water partition coefficient (Wildman–Crippen LogP) is 4.45. The topological polar surface area (TPSA) is 79.4 Å². The molecule has 1 atom stereocenters. The second-order valence-corrected chi connectivity index (χ2v) is 12.9. The van der Waals surface area contributed by atoms with Gasteiger partial charge in [0.05, 0.1) is 16.6 Å². The van der Waals surface area contributed by atoms with Gasteiger partial charge in [-0.1, -0.05) is 12.8 Å². The summed E-state index contributed by atoms with van der Waals surface area (Å²) in [6.45, 7) is 0. The summed E-state index contributed by atoms with van der Waals surface area (Å²) in [5.41, 5.74) is -0.924. The smallest absolute Gasteiger partial charge is 0.362 e. The molecule has 3 fully saturated rings. The molecule has 190 valence electrons. The molecule has 1 heterocycles. The highest BCUT2D eigenvalue weighted by Gasteiger charge is 2.39. The number of hydrogen-bond donors (Lipinski definition) is 1. The van der Waals surface area contributed by atoms with Crippen LogP contribution in [0.4, 0.5) is 19.0 Å². The van der Waals surface area contributed by atoms with Crippen LogP contribution in [-0.2, 0) is 16.0 Å². The van der Waals surface area contributed by atoms with E-state index in [0.717, 1.165) is 51.0 Å². The highest BCUT2D eigenvalue weighted by atomic mass is 32.2. The maximum Gasteiger partial charge on any atom is 0.433 e. The summed E-state index contributed by atoms with van der Waals surface area (Å²) < 4.78 is 64.8. The minimum atomic E-state index is -4.59. The Morgan fingerprint density at radius 1 is 1.06 bits per heavy atom. The second kappa shape index (κ2) is 9.66. The number of aromatic nitrogens is 1. The van der Waals surface area contributed by atoms with E-state index in [1.165, 1.54) is 11.0 Å². The van der Waals surface area contributed by atoms with Gasteiger partial charge in [0.25, 0.3) is 5.91 Å². The zero-order valence-corrected chi connectivity index (χ0v) is 20.6. The van der Waals surface area contributed by atoms with Gasteiger partial charge < -0.3 is 10.2 Å². The van der Waals surface area contributed by atoms with Gasteiger partial charge in [-0.3, -0.25) is 4.79 Å². The molecule has 0 aliphatic heterocycles. The number of carbonyl (C=O) groups excluding carboxylic acids is 1. The summed E-state index contributed by atoms with van der Waals surface area (Å²) in [4.78, 5) is 18.3. The number of halogens is 3. The molecule has 3 saturated carbocycles. The van der Waals surface area contributed by atoms with Crippen molar-refractivity contribution >= 4 is 21.6 Å². The van der Waals surface area contributed by atoms with E-state index in [-0.39, 0.29) is 28.6 Å². The van der Waals surface area contributed by atoms with Crippen LogP contribution >= 0.6 is 0 Å². The Morgan fingerprint density at radius 2 is 1.68 bits per heavy atom. The lowest BCUT2D eigenvalue weighted by atomic mass is 9.81. The standard InChI is InChI=1S/C24H34F3N3O3S/c1-30(2)22-19(11-12-21(29-22)24(25,26)27)23(31)28-20(13-15-3-4-15)17-7-9-18(10-8-17)34(32,33)14-16-5-6-16/h11-12,15-18,20H,3-10,13-14H2,1-2H3,(H,28,31). The largest absolute Gasteiger partial charge is 0.433 e. The van der Waals surface area contributed by atoms with E-state index in [9.17, 15) is 26.4 Å². The van der Waals surface area contributed by atoms with Crippen LogP contribution in [-0.4, -0.2) is 50.4 Å². The fourth-order valence-electron chi connectivity index (χ4n) is 5.05. The lowest BCUT2D eigenvalue weighted by Crippen LogP contribution is -2.43. The number of sulfone groups is 1. The average molecular weight is 502 g/mol. The van der Waals surface area contributed by atoms with Crippen LogP contribution in [0.5, 0.6) is 0 Å². The van der Waals surface area contributed by atoms with E-state index in [1.807, 2.05) is 0 Å². The molecule has 34 heavy (non-hydrogen) atoms. The molecule has 0 radical (unpaired) electrons. The lowest BCUT2D eigenvalue weighted by Gasteiger charge is -2.34. The molecule has 3 aliphatic carbocycles. The van der Waals surface area contributed by atoms with Crippen LogP contribution in [0, 0.1) is 17.8 Å². The summed E-state index contributed by atoms with van der Waals surface area (Å²) in [6, 6.07) is 1.91. The first-order valence-corrected chi connectivity index (χ1v) is 13.9. The maximum atomic E-state index is 13.2. The van der Waals surface area contributed by atoms with Gasteiger partial charge in [-0.15, -0.1) is 0 Å². The van der Waals surface area contributed by atoms with E-state index in [4.69, 9.17) is 0 Å². The molecule has 0 spiro atoms. The van der Waals surface area contributed by atoms with E-state index < -0.39 is 27.6 Å². The average Bonchev–Trinajstić information content (AvgIpc) is 3.69. The van der Waals surface area contributed by atoms with Crippen LogP contribution in [0.2, 0.25) is 0 Å². The molecule has 0 saturated heterocycles. The van der Waals surface area contributed by atoms with Crippen LogP contribution in [0.15, 0.2) is 12.1 Å². The fourth-order valence-corrected chi connectivity index (χ4v) is 7.30. The van der Waals surface area contributed by atoms with Gasteiger partial charge in [0, 0.05) is 20.1 Å². The zero-order chi connectivity index (χ0) is 24.7. The van der Waals surface area contributed by atoms with Gasteiger partial charge in [-0.25, -0.2) is 13.4 Å². The number of rotatable bonds is 9. The van der Waals surface area contributed by atoms with E-state index in [1.54, 1.807) is 14.1 Å². The van der Waals surface area contributed by atoms with Gasteiger partial charge in [-0.05, 0) is 74.8 Å². The first-order chi connectivity index (χ1) is 15.9. The van der Waals surface area contributed by atoms with Crippen LogP contribution in [0.1, 0.15) is 73.8 Å². The van der Waals surface area contributed by atoms with E-state index in [2.05, 4.69) is 10.3 Å². The van der Waals surface area contributed by atoms with Gasteiger partial charge in [0.1, 0.15) is 11.5 Å². The first-order valence-electron chi connectivity index (χ1n) is 12.2. The number of carbonyl (C=O) groups is 1. The van der Waals surface area contributed by atoms with Gasteiger partial charge in [0.15, 0.2) is 9.84 Å². The van der Waals surface area contributed by atoms with E-state index in [0.29, 0.717) is 30.4 Å².